The summed E-state index contributed by atoms with van der Waals surface area (Å²) in [6, 6.07) is 3.37. The van der Waals surface area contributed by atoms with Gasteiger partial charge in [-0.2, -0.15) is 0 Å². The lowest BCUT2D eigenvalue weighted by molar-refractivity contribution is -0.384. The van der Waals surface area contributed by atoms with Crippen LogP contribution in [-0.2, 0) is 10.0 Å². The first-order valence-corrected chi connectivity index (χ1v) is 7.79. The van der Waals surface area contributed by atoms with Crippen LogP contribution in [0.3, 0.4) is 0 Å². The van der Waals surface area contributed by atoms with Crippen LogP contribution in [0.25, 0.3) is 0 Å². The lowest BCUT2D eigenvalue weighted by Gasteiger charge is -2.11. The van der Waals surface area contributed by atoms with Crippen LogP contribution in [-0.4, -0.2) is 22.3 Å². The third-order valence-corrected chi connectivity index (χ3v) is 4.82. The summed E-state index contributed by atoms with van der Waals surface area (Å²) < 4.78 is 26.1. The molecule has 0 bridgehead atoms. The summed E-state index contributed by atoms with van der Waals surface area (Å²) in [6.07, 6.45) is 2.68. The molecule has 0 N–H and O–H groups in total. The van der Waals surface area contributed by atoms with E-state index >= 15 is 0 Å². The van der Waals surface area contributed by atoms with E-state index in [0.717, 1.165) is 10.0 Å². The molecule has 0 fully saturated rings. The molecule has 0 atom stereocenters. The van der Waals surface area contributed by atoms with E-state index in [4.69, 9.17) is 11.6 Å². The first kappa shape index (κ1) is 15.5. The van der Waals surface area contributed by atoms with Gasteiger partial charge >= 0.3 is 0 Å². The zero-order valence-electron chi connectivity index (χ0n) is 11.2. The van der Waals surface area contributed by atoms with Crippen LogP contribution < -0.4 is 0 Å². The molecule has 9 heteroatoms. The second kappa shape index (κ2) is 5.45. The standard InChI is InChI=1S/C12H12ClN3O4S/c1-8(2)12-14-5-6-15(12)21(19,20)9-3-4-10(13)11(7-9)16(17)18/h3-8H,1-2H3. The van der Waals surface area contributed by atoms with Crippen molar-refractivity contribution in [2.45, 2.75) is 24.7 Å². The summed E-state index contributed by atoms with van der Waals surface area (Å²) in [6.45, 7) is 3.61. The van der Waals surface area contributed by atoms with E-state index in [9.17, 15) is 18.5 Å². The highest BCUT2D eigenvalue weighted by Gasteiger charge is 2.25. The van der Waals surface area contributed by atoms with E-state index in [-0.39, 0.29) is 15.8 Å². The minimum atomic E-state index is -3.95. The van der Waals surface area contributed by atoms with Gasteiger partial charge in [0, 0.05) is 24.4 Å². The molecular formula is C12H12ClN3O4S. The minimum Gasteiger partial charge on any atom is -0.258 e. The summed E-state index contributed by atoms with van der Waals surface area (Å²) >= 11 is 5.69. The van der Waals surface area contributed by atoms with Crippen LogP contribution in [0.15, 0.2) is 35.5 Å². The van der Waals surface area contributed by atoms with Gasteiger partial charge in [0.15, 0.2) is 0 Å². The molecule has 0 spiro atoms. The zero-order valence-corrected chi connectivity index (χ0v) is 12.8. The van der Waals surface area contributed by atoms with Crippen molar-refractivity contribution < 1.29 is 13.3 Å². The topological polar surface area (TPSA) is 95.1 Å². The highest BCUT2D eigenvalue weighted by Crippen LogP contribution is 2.29. The molecule has 112 valence electrons. The summed E-state index contributed by atoms with van der Waals surface area (Å²) in [5.41, 5.74) is -0.455. The number of aromatic nitrogens is 2. The molecule has 21 heavy (non-hydrogen) atoms. The predicted octanol–water partition coefficient (Wildman–Crippen LogP) is 2.81. The Balaban J connectivity index is 2.62. The van der Waals surface area contributed by atoms with Crippen molar-refractivity contribution in [2.75, 3.05) is 0 Å². The van der Waals surface area contributed by atoms with E-state index in [0.29, 0.717) is 5.82 Å². The lowest BCUT2D eigenvalue weighted by Crippen LogP contribution is -2.16. The average Bonchev–Trinajstić information content (AvgIpc) is 2.88. The third-order valence-electron chi connectivity index (χ3n) is 2.82. The maximum atomic E-state index is 12.6. The Hall–Kier alpha value is -1.93. The molecule has 0 aliphatic heterocycles. The summed E-state index contributed by atoms with van der Waals surface area (Å²) in [4.78, 5) is 13.9. The largest absolute Gasteiger partial charge is 0.289 e. The fraction of sp³-hybridized carbons (Fsp3) is 0.250. The van der Waals surface area contributed by atoms with Gasteiger partial charge in [-0.3, -0.25) is 10.1 Å². The van der Waals surface area contributed by atoms with Gasteiger partial charge in [0.1, 0.15) is 10.8 Å². The van der Waals surface area contributed by atoms with Gasteiger partial charge < -0.3 is 0 Å². The van der Waals surface area contributed by atoms with Crippen LogP contribution in [0.1, 0.15) is 25.6 Å². The van der Waals surface area contributed by atoms with Crippen LogP contribution >= 0.6 is 11.6 Å². The maximum Gasteiger partial charge on any atom is 0.289 e. The highest BCUT2D eigenvalue weighted by atomic mass is 35.5. The summed E-state index contributed by atoms with van der Waals surface area (Å²) in [5.74, 6) is 0.240. The number of halogens is 1. The van der Waals surface area contributed by atoms with Crippen molar-refractivity contribution in [3.63, 3.8) is 0 Å². The van der Waals surface area contributed by atoms with Crippen molar-refractivity contribution in [1.82, 2.24) is 8.96 Å². The molecule has 0 aliphatic rings. The Morgan fingerprint density at radius 2 is 2.05 bits per heavy atom. The molecule has 0 aliphatic carbocycles. The predicted molar refractivity (Wildman–Crippen MR) is 77.0 cm³/mol. The minimum absolute atomic E-state index is 0.114. The number of benzene rings is 1. The van der Waals surface area contributed by atoms with Crippen molar-refractivity contribution in [1.29, 1.82) is 0 Å². The Bertz CT molecular complexity index is 799. The SMILES string of the molecule is CC(C)c1nccn1S(=O)(=O)c1ccc(Cl)c([N+](=O)[O-])c1. The smallest absolute Gasteiger partial charge is 0.258 e. The maximum absolute atomic E-state index is 12.6. The van der Waals surface area contributed by atoms with E-state index in [1.165, 1.54) is 24.5 Å². The molecule has 2 aromatic rings. The first-order chi connectivity index (χ1) is 9.75. The highest BCUT2D eigenvalue weighted by molar-refractivity contribution is 7.90. The van der Waals surface area contributed by atoms with Crippen molar-refractivity contribution in [3.8, 4) is 0 Å². The number of imidazole rings is 1. The van der Waals surface area contributed by atoms with Gasteiger partial charge in [0.25, 0.3) is 15.7 Å². The van der Waals surface area contributed by atoms with E-state index < -0.39 is 20.6 Å². The van der Waals surface area contributed by atoms with Crippen molar-refractivity contribution in [2.24, 2.45) is 0 Å². The number of hydrogen-bond donors (Lipinski definition) is 0. The van der Waals surface area contributed by atoms with E-state index in [2.05, 4.69) is 4.98 Å². The second-order valence-electron chi connectivity index (χ2n) is 4.61. The summed E-state index contributed by atoms with van der Waals surface area (Å²) in [7, 11) is -3.95. The molecule has 0 radical (unpaired) electrons. The summed E-state index contributed by atoms with van der Waals surface area (Å²) in [5, 5.41) is 10.8. The molecule has 1 aromatic carbocycles. The van der Waals surface area contributed by atoms with Gasteiger partial charge in [-0.25, -0.2) is 17.4 Å². The fourth-order valence-corrected chi connectivity index (χ4v) is 3.45. The molecule has 0 amide bonds. The number of nitrogens with zero attached hydrogens (tertiary/aromatic N) is 3. The Morgan fingerprint density at radius 1 is 1.38 bits per heavy atom. The van der Waals surface area contributed by atoms with Crippen LogP contribution in [0, 0.1) is 10.1 Å². The third kappa shape index (κ3) is 2.77. The van der Waals surface area contributed by atoms with Gasteiger partial charge in [0.05, 0.1) is 9.82 Å². The second-order valence-corrected chi connectivity index (χ2v) is 6.83. The van der Waals surface area contributed by atoms with Gasteiger partial charge in [-0.05, 0) is 12.1 Å². The molecule has 0 unspecified atom stereocenters. The molecule has 0 saturated carbocycles. The van der Waals surface area contributed by atoms with Crippen LogP contribution in [0.4, 0.5) is 5.69 Å². The lowest BCUT2D eigenvalue weighted by atomic mass is 10.2. The van der Waals surface area contributed by atoms with Crippen molar-refractivity contribution in [3.05, 3.63) is 51.6 Å². The fourth-order valence-electron chi connectivity index (χ4n) is 1.82. The quantitative estimate of drug-likeness (QED) is 0.635. The Kier molecular flexibility index (Phi) is 4.02. The van der Waals surface area contributed by atoms with Gasteiger partial charge in [-0.15, -0.1) is 0 Å². The van der Waals surface area contributed by atoms with E-state index in [1.54, 1.807) is 13.8 Å². The number of hydrogen-bond acceptors (Lipinski definition) is 5. The molecule has 1 aromatic heterocycles. The normalized spacial score (nSPS) is 11.8. The monoisotopic (exact) mass is 329 g/mol. The van der Waals surface area contributed by atoms with Crippen molar-refractivity contribution >= 4 is 27.3 Å². The number of rotatable bonds is 4. The number of nitro groups is 1. The van der Waals surface area contributed by atoms with E-state index in [1.807, 2.05) is 0 Å². The number of nitro benzene ring substituents is 1. The van der Waals surface area contributed by atoms with Gasteiger partial charge in [0.2, 0.25) is 0 Å². The first-order valence-electron chi connectivity index (χ1n) is 5.98. The molecule has 1 heterocycles. The molecule has 2 rings (SSSR count). The molecule has 0 saturated heterocycles. The van der Waals surface area contributed by atoms with Gasteiger partial charge in [-0.1, -0.05) is 25.4 Å². The Morgan fingerprint density at radius 3 is 2.62 bits per heavy atom. The van der Waals surface area contributed by atoms with Crippen LogP contribution in [0.2, 0.25) is 5.02 Å². The molecule has 7 nitrogen and oxygen atoms in total. The van der Waals surface area contributed by atoms with Crippen LogP contribution in [0.5, 0.6) is 0 Å². The zero-order chi connectivity index (χ0) is 15.8. The Labute approximate surface area is 126 Å². The molecular weight excluding hydrogens is 318 g/mol. The average molecular weight is 330 g/mol.